The fourth-order valence-electron chi connectivity index (χ4n) is 2.84. The predicted molar refractivity (Wildman–Crippen MR) is 104 cm³/mol. The van der Waals surface area contributed by atoms with E-state index in [9.17, 15) is 24.2 Å². The van der Waals surface area contributed by atoms with Gasteiger partial charge in [0.1, 0.15) is 5.82 Å². The van der Waals surface area contributed by atoms with Crippen molar-refractivity contribution in [1.29, 1.82) is 0 Å². The molecule has 0 spiro atoms. The minimum atomic E-state index is -1.13. The lowest BCUT2D eigenvalue weighted by atomic mass is 9.99. The Bertz CT molecular complexity index is 1070. The Labute approximate surface area is 160 Å². The zero-order valence-electron chi connectivity index (χ0n) is 14.6. The number of carboxylic acids is 2. The molecule has 0 bridgehead atoms. The van der Waals surface area contributed by atoms with Crippen molar-refractivity contribution in [2.24, 2.45) is 0 Å². The summed E-state index contributed by atoms with van der Waals surface area (Å²) in [6.45, 7) is 0. The van der Waals surface area contributed by atoms with Crippen LogP contribution in [0.3, 0.4) is 0 Å². The quantitative estimate of drug-likeness (QED) is 0.478. The van der Waals surface area contributed by atoms with Crippen LogP contribution in [0.2, 0.25) is 0 Å². The Balaban J connectivity index is 1.90. The second-order valence-electron chi connectivity index (χ2n) is 6.22. The van der Waals surface area contributed by atoms with E-state index in [2.05, 4.69) is 5.32 Å². The average Bonchev–Trinajstić information content (AvgIpc) is 2.64. The molecule has 0 aliphatic rings. The van der Waals surface area contributed by atoms with Crippen molar-refractivity contribution in [3.63, 3.8) is 0 Å². The topological polar surface area (TPSA) is 113 Å². The van der Waals surface area contributed by atoms with Gasteiger partial charge in [-0.2, -0.15) is 0 Å². The Morgan fingerprint density at radius 3 is 2.18 bits per heavy atom. The molecule has 0 saturated carbocycles. The third-order valence-electron chi connectivity index (χ3n) is 4.17. The number of nitrogen functional groups attached to an aromatic ring is 1. The number of rotatable bonds is 6. The van der Waals surface area contributed by atoms with Crippen molar-refractivity contribution in [2.45, 2.75) is 6.42 Å². The third-order valence-corrected chi connectivity index (χ3v) is 4.17. The fraction of sp³-hybridized carbons (Fsp3) is 0.0476. The van der Waals surface area contributed by atoms with Crippen molar-refractivity contribution in [2.75, 3.05) is 11.1 Å². The molecule has 0 atom stereocenters. The van der Waals surface area contributed by atoms with E-state index in [1.54, 1.807) is 24.3 Å². The molecular weight excluding hydrogens is 363 g/mol. The number of anilines is 3. The van der Waals surface area contributed by atoms with Gasteiger partial charge < -0.3 is 21.3 Å². The van der Waals surface area contributed by atoms with Crippen molar-refractivity contribution >= 4 is 29.0 Å². The minimum Gasteiger partial charge on any atom is -0.478 e. The molecule has 0 fully saturated rings. The van der Waals surface area contributed by atoms with Gasteiger partial charge in [0.15, 0.2) is 0 Å². The molecule has 0 unspecified atom stereocenters. The highest BCUT2D eigenvalue weighted by Gasteiger charge is 2.13. The maximum atomic E-state index is 13.3. The van der Waals surface area contributed by atoms with E-state index in [1.807, 2.05) is 0 Å². The highest BCUT2D eigenvalue weighted by molar-refractivity contribution is 5.95. The molecule has 3 aromatic carbocycles. The molecule has 3 aromatic rings. The van der Waals surface area contributed by atoms with Gasteiger partial charge in [0.05, 0.1) is 16.8 Å². The summed E-state index contributed by atoms with van der Waals surface area (Å²) in [5.74, 6) is -2.69. The number of benzene rings is 3. The van der Waals surface area contributed by atoms with Gasteiger partial charge in [0.25, 0.3) is 0 Å². The first-order chi connectivity index (χ1) is 13.3. The molecule has 0 radical (unpaired) electrons. The van der Waals surface area contributed by atoms with Gasteiger partial charge in [-0.1, -0.05) is 18.2 Å². The molecule has 0 amide bonds. The number of hydrogen-bond donors (Lipinski definition) is 4. The first kappa shape index (κ1) is 18.9. The lowest BCUT2D eigenvalue weighted by Gasteiger charge is -2.12. The number of hydrogen-bond acceptors (Lipinski definition) is 4. The second kappa shape index (κ2) is 7.79. The zero-order valence-corrected chi connectivity index (χ0v) is 14.6. The Morgan fingerprint density at radius 1 is 0.893 bits per heavy atom. The summed E-state index contributed by atoms with van der Waals surface area (Å²) in [4.78, 5) is 22.9. The van der Waals surface area contributed by atoms with Crippen LogP contribution < -0.4 is 11.1 Å². The maximum absolute atomic E-state index is 13.3. The smallest absolute Gasteiger partial charge is 0.337 e. The summed E-state index contributed by atoms with van der Waals surface area (Å²) in [5, 5.41) is 21.6. The molecule has 0 aliphatic carbocycles. The van der Waals surface area contributed by atoms with Gasteiger partial charge in [-0.05, 0) is 60.0 Å². The Hall–Kier alpha value is -3.87. The summed E-state index contributed by atoms with van der Waals surface area (Å²) in [7, 11) is 0. The van der Waals surface area contributed by atoms with Crippen LogP contribution in [-0.4, -0.2) is 22.2 Å². The van der Waals surface area contributed by atoms with Crippen LogP contribution in [-0.2, 0) is 6.42 Å². The van der Waals surface area contributed by atoms with Crippen LogP contribution in [0.5, 0.6) is 0 Å². The van der Waals surface area contributed by atoms with Crippen molar-refractivity contribution in [3.05, 3.63) is 88.7 Å². The summed E-state index contributed by atoms with van der Waals surface area (Å²) in [5.41, 5.74) is 7.97. The van der Waals surface area contributed by atoms with E-state index in [0.717, 1.165) is 0 Å². The first-order valence-corrected chi connectivity index (χ1v) is 8.34. The van der Waals surface area contributed by atoms with Crippen molar-refractivity contribution in [1.82, 2.24) is 0 Å². The van der Waals surface area contributed by atoms with Gasteiger partial charge >= 0.3 is 11.9 Å². The molecule has 142 valence electrons. The van der Waals surface area contributed by atoms with E-state index in [4.69, 9.17) is 5.73 Å². The summed E-state index contributed by atoms with van der Waals surface area (Å²) in [6.07, 6.45) is 0.334. The summed E-state index contributed by atoms with van der Waals surface area (Å²) in [6, 6.07) is 15.2. The molecule has 28 heavy (non-hydrogen) atoms. The Kier molecular flexibility index (Phi) is 5.26. The molecule has 0 aromatic heterocycles. The van der Waals surface area contributed by atoms with E-state index < -0.39 is 17.8 Å². The summed E-state index contributed by atoms with van der Waals surface area (Å²) >= 11 is 0. The van der Waals surface area contributed by atoms with Crippen LogP contribution in [0, 0.1) is 5.82 Å². The lowest BCUT2D eigenvalue weighted by molar-refractivity contribution is 0.0687. The fourth-order valence-corrected chi connectivity index (χ4v) is 2.84. The maximum Gasteiger partial charge on any atom is 0.337 e. The van der Waals surface area contributed by atoms with Gasteiger partial charge in [-0.3, -0.25) is 0 Å². The highest BCUT2D eigenvalue weighted by Crippen LogP contribution is 2.25. The lowest BCUT2D eigenvalue weighted by Crippen LogP contribution is -2.05. The summed E-state index contributed by atoms with van der Waals surface area (Å²) < 4.78 is 13.3. The van der Waals surface area contributed by atoms with Gasteiger partial charge in [-0.15, -0.1) is 0 Å². The molecule has 7 heteroatoms. The van der Waals surface area contributed by atoms with Gasteiger partial charge in [0.2, 0.25) is 0 Å². The van der Waals surface area contributed by atoms with Gasteiger partial charge in [0, 0.05) is 11.4 Å². The molecule has 0 heterocycles. The number of carboxylic acid groups (broad SMARTS) is 2. The standard InChI is InChI=1S/C21H17FN2O4/c22-14-2-1-3-15(11-14)24-19-7-5-13(10-17(19)21(27)28)8-12-4-6-18(23)16(9-12)20(25)26/h1-7,9-11,24H,8,23H2,(H,25,26)(H,27,28). The molecule has 0 saturated heterocycles. The van der Waals surface area contributed by atoms with E-state index in [0.29, 0.717) is 28.9 Å². The second-order valence-corrected chi connectivity index (χ2v) is 6.22. The first-order valence-electron chi connectivity index (χ1n) is 8.34. The number of nitrogens with one attached hydrogen (secondary N) is 1. The van der Waals surface area contributed by atoms with Crippen LogP contribution in [0.15, 0.2) is 60.7 Å². The van der Waals surface area contributed by atoms with Crippen molar-refractivity contribution < 1.29 is 24.2 Å². The number of halogens is 1. The monoisotopic (exact) mass is 380 g/mol. The van der Waals surface area contributed by atoms with Crippen molar-refractivity contribution in [3.8, 4) is 0 Å². The molecule has 3 rings (SSSR count). The molecule has 0 aliphatic heterocycles. The Morgan fingerprint density at radius 2 is 1.54 bits per heavy atom. The van der Waals surface area contributed by atoms with Crippen LogP contribution >= 0.6 is 0 Å². The van der Waals surface area contributed by atoms with E-state index >= 15 is 0 Å². The normalized spacial score (nSPS) is 10.5. The number of nitrogens with two attached hydrogens (primary N) is 1. The molecule has 6 nitrogen and oxygen atoms in total. The zero-order chi connectivity index (χ0) is 20.3. The minimum absolute atomic E-state index is 0.000323. The predicted octanol–water partition coefficient (Wildman–Crippen LogP) is 4.14. The largest absolute Gasteiger partial charge is 0.478 e. The van der Waals surface area contributed by atoms with Gasteiger partial charge in [-0.25, -0.2) is 14.0 Å². The highest BCUT2D eigenvalue weighted by atomic mass is 19.1. The molecule has 5 N–H and O–H groups in total. The van der Waals surface area contributed by atoms with Crippen LogP contribution in [0.4, 0.5) is 21.5 Å². The SMILES string of the molecule is Nc1ccc(Cc2ccc(Nc3cccc(F)c3)c(C(=O)O)c2)cc1C(=O)O. The van der Waals surface area contributed by atoms with E-state index in [-0.39, 0.29) is 16.8 Å². The average molecular weight is 380 g/mol. The number of carbonyl (C=O) groups is 2. The van der Waals surface area contributed by atoms with Crippen LogP contribution in [0.1, 0.15) is 31.8 Å². The number of aromatic carboxylic acids is 2. The third kappa shape index (κ3) is 4.27. The van der Waals surface area contributed by atoms with E-state index in [1.165, 1.54) is 36.4 Å². The molecular formula is C21H17FN2O4. The van der Waals surface area contributed by atoms with Crippen LogP contribution in [0.25, 0.3) is 0 Å².